The molecule has 78 valence electrons. The third kappa shape index (κ3) is 2.07. The summed E-state index contributed by atoms with van der Waals surface area (Å²) in [4.78, 5) is 0. The van der Waals surface area contributed by atoms with Gasteiger partial charge in [-0.25, -0.2) is 0 Å². The second kappa shape index (κ2) is 4.35. The summed E-state index contributed by atoms with van der Waals surface area (Å²) in [7, 11) is 1.99. The van der Waals surface area contributed by atoms with Gasteiger partial charge in [0, 0.05) is 17.0 Å². The number of halogens is 1. The highest BCUT2D eigenvalue weighted by atomic mass is 127. The highest BCUT2D eigenvalue weighted by Crippen LogP contribution is 2.25. The van der Waals surface area contributed by atoms with Crippen molar-refractivity contribution >= 4 is 22.6 Å². The van der Waals surface area contributed by atoms with E-state index < -0.39 is 0 Å². The van der Waals surface area contributed by atoms with Crippen molar-refractivity contribution < 1.29 is 0 Å². The van der Waals surface area contributed by atoms with E-state index in [2.05, 4.69) is 58.0 Å². The second-order valence-electron chi connectivity index (χ2n) is 3.59. The van der Waals surface area contributed by atoms with E-state index in [0.717, 1.165) is 10.1 Å². The summed E-state index contributed by atoms with van der Waals surface area (Å²) in [5.41, 5.74) is 4.91. The third-order valence-corrected chi connectivity index (χ3v) is 3.26. The van der Waals surface area contributed by atoms with Crippen LogP contribution in [0.2, 0.25) is 0 Å². The molecule has 2 rings (SSSR count). The Kier molecular flexibility index (Phi) is 3.09. The Morgan fingerprint density at radius 3 is 2.67 bits per heavy atom. The van der Waals surface area contributed by atoms with Gasteiger partial charge >= 0.3 is 0 Å². The van der Waals surface area contributed by atoms with Gasteiger partial charge in [0.2, 0.25) is 0 Å². The first-order valence-corrected chi connectivity index (χ1v) is 6.40. The zero-order valence-electron chi connectivity index (χ0n) is 8.87. The highest BCUT2D eigenvalue weighted by molar-refractivity contribution is 14.1. The molecule has 15 heavy (non-hydrogen) atoms. The molecule has 0 atom stereocenters. The Morgan fingerprint density at radius 2 is 2.07 bits per heavy atom. The van der Waals surface area contributed by atoms with E-state index in [1.165, 1.54) is 16.8 Å². The van der Waals surface area contributed by atoms with Gasteiger partial charge in [0.15, 0.2) is 0 Å². The zero-order chi connectivity index (χ0) is 10.8. The monoisotopic (exact) mass is 312 g/mol. The molecule has 2 nitrogen and oxygen atoms in total. The average Bonchev–Trinajstić information content (AvgIpc) is 2.57. The third-order valence-electron chi connectivity index (χ3n) is 2.44. The van der Waals surface area contributed by atoms with Crippen molar-refractivity contribution in [2.24, 2.45) is 7.05 Å². The number of aryl methyl sites for hydroxylation is 2. The van der Waals surface area contributed by atoms with Crippen LogP contribution in [0.1, 0.15) is 11.3 Å². The maximum atomic E-state index is 4.38. The zero-order valence-corrected chi connectivity index (χ0v) is 11.0. The van der Waals surface area contributed by atoms with Gasteiger partial charge in [0.25, 0.3) is 0 Å². The van der Waals surface area contributed by atoms with Crippen LogP contribution in [0.3, 0.4) is 0 Å². The normalized spacial score (nSPS) is 10.6. The molecular weight excluding hydrogens is 299 g/mol. The lowest BCUT2D eigenvalue weighted by Crippen LogP contribution is -1.95. The van der Waals surface area contributed by atoms with Crippen molar-refractivity contribution in [1.29, 1.82) is 0 Å². The average molecular weight is 312 g/mol. The van der Waals surface area contributed by atoms with Crippen LogP contribution in [-0.2, 0) is 11.5 Å². The quantitative estimate of drug-likeness (QED) is 0.614. The fourth-order valence-electron chi connectivity index (χ4n) is 1.75. The summed E-state index contributed by atoms with van der Waals surface area (Å²) < 4.78 is 2.97. The number of hydrogen-bond acceptors (Lipinski definition) is 1. The minimum atomic E-state index is 1.03. The first-order chi connectivity index (χ1) is 7.22. The topological polar surface area (TPSA) is 17.8 Å². The van der Waals surface area contributed by atoms with E-state index in [4.69, 9.17) is 0 Å². The lowest BCUT2D eigenvalue weighted by Gasteiger charge is -2.06. The Bertz CT molecular complexity index is 474. The van der Waals surface area contributed by atoms with Crippen molar-refractivity contribution in [2.75, 3.05) is 0 Å². The van der Waals surface area contributed by atoms with Gasteiger partial charge < -0.3 is 0 Å². The molecule has 0 N–H and O–H groups in total. The molecule has 0 amide bonds. The molecule has 0 unspecified atom stereocenters. The minimum Gasteiger partial charge on any atom is -0.268 e. The van der Waals surface area contributed by atoms with Crippen LogP contribution in [0.25, 0.3) is 11.3 Å². The number of nitrogens with zero attached hydrogens (tertiary/aromatic N) is 2. The second-order valence-corrected chi connectivity index (χ2v) is 4.35. The molecule has 2 aromatic rings. The summed E-state index contributed by atoms with van der Waals surface area (Å²) in [6, 6.07) is 10.6. The fourth-order valence-corrected chi connectivity index (χ4v) is 2.41. The Hall–Kier alpha value is -0.840. The van der Waals surface area contributed by atoms with Crippen molar-refractivity contribution in [3.05, 3.63) is 41.6 Å². The fraction of sp³-hybridized carbons (Fsp3) is 0.250. The molecule has 0 radical (unpaired) electrons. The Morgan fingerprint density at radius 1 is 1.33 bits per heavy atom. The van der Waals surface area contributed by atoms with Crippen molar-refractivity contribution in [2.45, 2.75) is 11.4 Å². The predicted molar refractivity (Wildman–Crippen MR) is 71.1 cm³/mol. The number of aromatic nitrogens is 2. The van der Waals surface area contributed by atoms with E-state index in [9.17, 15) is 0 Å². The van der Waals surface area contributed by atoms with Gasteiger partial charge in [-0.05, 0) is 18.6 Å². The van der Waals surface area contributed by atoms with E-state index in [0.29, 0.717) is 0 Å². The maximum Gasteiger partial charge on any atom is 0.0684 e. The van der Waals surface area contributed by atoms with Crippen LogP contribution in [0.5, 0.6) is 0 Å². The first kappa shape index (κ1) is 10.7. The lowest BCUT2D eigenvalue weighted by atomic mass is 10.1. The molecular formula is C12H13IN2. The van der Waals surface area contributed by atoms with Gasteiger partial charge in [0.05, 0.1) is 11.4 Å². The molecule has 1 aromatic heterocycles. The van der Waals surface area contributed by atoms with Crippen LogP contribution < -0.4 is 0 Å². The number of rotatable bonds is 2. The lowest BCUT2D eigenvalue weighted by molar-refractivity contribution is 0.763. The van der Waals surface area contributed by atoms with Crippen LogP contribution in [-0.4, -0.2) is 9.78 Å². The molecule has 0 aliphatic carbocycles. The number of benzene rings is 1. The van der Waals surface area contributed by atoms with Crippen LogP contribution >= 0.6 is 22.6 Å². The van der Waals surface area contributed by atoms with Crippen molar-refractivity contribution in [3.8, 4) is 11.3 Å². The Labute approximate surface area is 103 Å². The molecule has 0 fully saturated rings. The van der Waals surface area contributed by atoms with Crippen LogP contribution in [0.4, 0.5) is 0 Å². The van der Waals surface area contributed by atoms with E-state index in [1.807, 2.05) is 18.7 Å². The van der Waals surface area contributed by atoms with E-state index in [1.54, 1.807) is 0 Å². The molecule has 1 aromatic carbocycles. The maximum absolute atomic E-state index is 4.38. The molecule has 0 aliphatic rings. The largest absolute Gasteiger partial charge is 0.268 e. The van der Waals surface area contributed by atoms with Gasteiger partial charge in [-0.1, -0.05) is 46.9 Å². The SMILES string of the molecule is Cc1cc(-c2ccccc2CI)n(C)n1. The summed E-state index contributed by atoms with van der Waals surface area (Å²) >= 11 is 2.39. The molecule has 0 saturated carbocycles. The van der Waals surface area contributed by atoms with Crippen LogP contribution in [0, 0.1) is 6.92 Å². The molecule has 0 aliphatic heterocycles. The molecule has 0 bridgehead atoms. The van der Waals surface area contributed by atoms with Crippen molar-refractivity contribution in [3.63, 3.8) is 0 Å². The summed E-state index contributed by atoms with van der Waals surface area (Å²) in [6.07, 6.45) is 0. The molecule has 0 saturated heterocycles. The highest BCUT2D eigenvalue weighted by Gasteiger charge is 2.08. The van der Waals surface area contributed by atoms with E-state index >= 15 is 0 Å². The number of hydrogen-bond donors (Lipinski definition) is 0. The van der Waals surface area contributed by atoms with Gasteiger partial charge in [0.1, 0.15) is 0 Å². The molecule has 0 spiro atoms. The smallest absolute Gasteiger partial charge is 0.0684 e. The summed E-state index contributed by atoms with van der Waals surface area (Å²) in [5.74, 6) is 0. The van der Waals surface area contributed by atoms with Gasteiger partial charge in [-0.3, -0.25) is 4.68 Å². The summed E-state index contributed by atoms with van der Waals surface area (Å²) in [6.45, 7) is 2.02. The predicted octanol–water partition coefficient (Wildman–Crippen LogP) is 3.33. The first-order valence-electron chi connectivity index (χ1n) is 4.87. The molecule has 1 heterocycles. The van der Waals surface area contributed by atoms with Crippen LogP contribution in [0.15, 0.2) is 30.3 Å². The minimum absolute atomic E-state index is 1.03. The van der Waals surface area contributed by atoms with E-state index in [-0.39, 0.29) is 0 Å². The van der Waals surface area contributed by atoms with Gasteiger partial charge in [-0.2, -0.15) is 5.10 Å². The van der Waals surface area contributed by atoms with Crippen molar-refractivity contribution in [1.82, 2.24) is 9.78 Å². The standard InChI is InChI=1S/C12H13IN2/c1-9-7-12(15(2)14-9)11-6-4-3-5-10(11)8-13/h3-7H,8H2,1-2H3. The Balaban J connectivity index is 2.58. The number of alkyl halides is 1. The molecule has 3 heteroatoms. The van der Waals surface area contributed by atoms with Gasteiger partial charge in [-0.15, -0.1) is 0 Å². The summed E-state index contributed by atoms with van der Waals surface area (Å²) in [5, 5.41) is 4.38.